The molecule has 2 aliphatic rings. The number of allylic oxidation sites excluding steroid dienone is 2. The van der Waals surface area contributed by atoms with E-state index < -0.39 is 22.6 Å². The van der Waals surface area contributed by atoms with E-state index >= 15 is 0 Å². The molecular weight excluding hydrogens is 448 g/mol. The van der Waals surface area contributed by atoms with Gasteiger partial charge < -0.3 is 0 Å². The van der Waals surface area contributed by atoms with E-state index in [2.05, 4.69) is 19.1 Å². The third kappa shape index (κ3) is 8.01. The lowest BCUT2D eigenvalue weighted by molar-refractivity contribution is 0.0857. The quantitative estimate of drug-likeness (QED) is 0.133. The van der Waals surface area contributed by atoms with Crippen LogP contribution in [0.1, 0.15) is 114 Å². The number of unbranched alkanes of at least 4 members (excludes halogenated alkanes) is 1. The Labute approximate surface area is 202 Å². The van der Waals surface area contributed by atoms with Crippen molar-refractivity contribution in [2.45, 2.75) is 108 Å². The molecule has 2 fully saturated rings. The predicted octanol–water partition coefficient (Wildman–Crippen LogP) is 10.2. The van der Waals surface area contributed by atoms with E-state index in [0.29, 0.717) is 11.5 Å². The van der Waals surface area contributed by atoms with Crippen molar-refractivity contribution >= 4 is 11.6 Å². The van der Waals surface area contributed by atoms with Gasteiger partial charge in [-0.15, -0.1) is 0 Å². The molecule has 0 bridgehead atoms. The molecule has 0 unspecified atom stereocenters. The molecular formula is C28H39ClF4. The monoisotopic (exact) mass is 486 g/mol. The van der Waals surface area contributed by atoms with Gasteiger partial charge in [-0.1, -0.05) is 63.5 Å². The molecule has 33 heavy (non-hydrogen) atoms. The average molecular weight is 487 g/mol. The van der Waals surface area contributed by atoms with Crippen LogP contribution in [0.3, 0.4) is 0 Å². The maximum absolute atomic E-state index is 14.1. The molecule has 0 amide bonds. The summed E-state index contributed by atoms with van der Waals surface area (Å²) in [4.78, 5) is 0. The molecule has 0 atom stereocenters. The molecule has 0 aliphatic heterocycles. The Balaban J connectivity index is 1.33. The van der Waals surface area contributed by atoms with Crippen LogP contribution in [0.15, 0.2) is 24.3 Å². The Kier molecular flexibility index (Phi) is 10.2. The third-order valence-corrected chi connectivity index (χ3v) is 8.27. The standard InChI is InChI=1S/C28H39ClF4/c1-2-3-4-7-20-10-12-21(13-11-20)8-5-6-9-22-14-16-23(17-15-22)24-18-25(30)27(26(31)19-24)28(29,32)33/h2-3,18-23H,4-17H2,1H3/b3-2+. The van der Waals surface area contributed by atoms with Crippen LogP contribution in [0.5, 0.6) is 0 Å². The van der Waals surface area contributed by atoms with Gasteiger partial charge >= 0.3 is 5.38 Å². The van der Waals surface area contributed by atoms with Crippen LogP contribution < -0.4 is 0 Å². The zero-order valence-corrected chi connectivity index (χ0v) is 20.7. The molecule has 186 valence electrons. The Morgan fingerprint density at radius 2 is 1.27 bits per heavy atom. The molecule has 2 saturated carbocycles. The lowest BCUT2D eigenvalue weighted by Crippen LogP contribution is -2.16. The Morgan fingerprint density at radius 1 is 0.818 bits per heavy atom. The molecule has 0 radical (unpaired) electrons. The zero-order valence-electron chi connectivity index (χ0n) is 19.9. The molecule has 0 N–H and O–H groups in total. The highest BCUT2D eigenvalue weighted by Crippen LogP contribution is 2.42. The van der Waals surface area contributed by atoms with Crippen molar-refractivity contribution in [2.24, 2.45) is 17.8 Å². The maximum Gasteiger partial charge on any atom is 0.353 e. The average Bonchev–Trinajstić information content (AvgIpc) is 2.77. The Hall–Kier alpha value is -1.03. The van der Waals surface area contributed by atoms with Gasteiger partial charge in [0, 0.05) is 0 Å². The summed E-state index contributed by atoms with van der Waals surface area (Å²) in [6.45, 7) is 2.09. The van der Waals surface area contributed by atoms with Gasteiger partial charge in [0.2, 0.25) is 0 Å². The van der Waals surface area contributed by atoms with E-state index in [9.17, 15) is 17.6 Å². The Bertz CT molecular complexity index is 731. The lowest BCUT2D eigenvalue weighted by atomic mass is 9.76. The van der Waals surface area contributed by atoms with Crippen LogP contribution in [-0.4, -0.2) is 0 Å². The molecule has 0 saturated heterocycles. The van der Waals surface area contributed by atoms with Gasteiger partial charge in [-0.3, -0.25) is 0 Å². The second kappa shape index (κ2) is 12.6. The smallest absolute Gasteiger partial charge is 0.206 e. The largest absolute Gasteiger partial charge is 0.353 e. The molecule has 0 spiro atoms. The first-order valence-electron chi connectivity index (χ1n) is 12.9. The van der Waals surface area contributed by atoms with E-state index in [-0.39, 0.29) is 5.92 Å². The van der Waals surface area contributed by atoms with Crippen LogP contribution in [0.25, 0.3) is 0 Å². The number of benzene rings is 1. The maximum atomic E-state index is 14.1. The van der Waals surface area contributed by atoms with Gasteiger partial charge in [0.25, 0.3) is 0 Å². The molecule has 3 rings (SSSR count). The number of halogens is 5. The van der Waals surface area contributed by atoms with Gasteiger partial charge in [-0.2, -0.15) is 8.78 Å². The summed E-state index contributed by atoms with van der Waals surface area (Å²) in [6.07, 6.45) is 21.6. The normalized spacial score (nSPS) is 26.7. The molecule has 1 aromatic rings. The van der Waals surface area contributed by atoms with E-state index in [0.717, 1.165) is 49.7 Å². The number of alkyl halides is 3. The SMILES string of the molecule is C/C=C/CCC1CCC(CCCCC2CCC(c3cc(F)c(C(F)(F)Cl)c(F)c3)CC2)CC1. The van der Waals surface area contributed by atoms with Crippen molar-refractivity contribution in [3.63, 3.8) is 0 Å². The minimum Gasteiger partial charge on any atom is -0.206 e. The fourth-order valence-electron chi connectivity index (χ4n) is 6.06. The zero-order chi connectivity index (χ0) is 23.8. The first kappa shape index (κ1) is 26.6. The van der Waals surface area contributed by atoms with Crippen molar-refractivity contribution in [2.75, 3.05) is 0 Å². The van der Waals surface area contributed by atoms with Crippen molar-refractivity contribution in [3.05, 3.63) is 47.0 Å². The first-order chi connectivity index (χ1) is 15.8. The van der Waals surface area contributed by atoms with Crippen LogP contribution in [-0.2, 0) is 5.38 Å². The van der Waals surface area contributed by atoms with Crippen LogP contribution in [0.4, 0.5) is 17.6 Å². The van der Waals surface area contributed by atoms with Crippen molar-refractivity contribution < 1.29 is 17.6 Å². The van der Waals surface area contributed by atoms with E-state index in [1.807, 2.05) is 0 Å². The van der Waals surface area contributed by atoms with E-state index in [1.54, 1.807) is 0 Å². The summed E-state index contributed by atoms with van der Waals surface area (Å²) in [7, 11) is 0. The summed E-state index contributed by atoms with van der Waals surface area (Å²) >= 11 is 4.85. The van der Waals surface area contributed by atoms with Crippen molar-refractivity contribution in [1.82, 2.24) is 0 Å². The molecule has 5 heteroatoms. The molecule has 1 aromatic carbocycles. The highest BCUT2D eigenvalue weighted by atomic mass is 35.5. The summed E-state index contributed by atoms with van der Waals surface area (Å²) in [5.74, 6) is 0.0398. The summed E-state index contributed by atoms with van der Waals surface area (Å²) in [6, 6.07) is 2.10. The fourth-order valence-corrected chi connectivity index (χ4v) is 6.24. The second-order valence-electron chi connectivity index (χ2n) is 10.4. The molecule has 0 nitrogen and oxygen atoms in total. The lowest BCUT2D eigenvalue weighted by Gasteiger charge is -2.30. The Morgan fingerprint density at radius 3 is 1.73 bits per heavy atom. The highest BCUT2D eigenvalue weighted by molar-refractivity contribution is 6.21. The number of hydrogen-bond acceptors (Lipinski definition) is 0. The van der Waals surface area contributed by atoms with Gasteiger partial charge in [0.05, 0.1) is 0 Å². The van der Waals surface area contributed by atoms with Gasteiger partial charge in [0.15, 0.2) is 0 Å². The molecule has 0 aromatic heterocycles. The number of rotatable bonds is 10. The first-order valence-corrected chi connectivity index (χ1v) is 13.3. The highest BCUT2D eigenvalue weighted by Gasteiger charge is 2.36. The topological polar surface area (TPSA) is 0 Å². The minimum atomic E-state index is -4.03. The molecule has 0 heterocycles. The third-order valence-electron chi connectivity index (χ3n) is 8.08. The molecule has 2 aliphatic carbocycles. The van der Waals surface area contributed by atoms with Crippen molar-refractivity contribution in [3.8, 4) is 0 Å². The summed E-state index contributed by atoms with van der Waals surface area (Å²) in [5, 5.41) is -4.03. The fraction of sp³-hybridized carbons (Fsp3) is 0.714. The van der Waals surface area contributed by atoms with Gasteiger partial charge in [0.1, 0.15) is 17.2 Å². The van der Waals surface area contributed by atoms with E-state index in [1.165, 1.54) is 64.2 Å². The summed E-state index contributed by atoms with van der Waals surface area (Å²) in [5.41, 5.74) is -0.863. The minimum absolute atomic E-state index is 0.0336. The number of hydrogen-bond donors (Lipinski definition) is 0. The van der Waals surface area contributed by atoms with Gasteiger partial charge in [-0.25, -0.2) is 8.78 Å². The second-order valence-corrected chi connectivity index (χ2v) is 10.9. The van der Waals surface area contributed by atoms with Crippen molar-refractivity contribution in [1.29, 1.82) is 0 Å². The van der Waals surface area contributed by atoms with Crippen LogP contribution in [0.2, 0.25) is 0 Å². The van der Waals surface area contributed by atoms with E-state index in [4.69, 9.17) is 11.6 Å². The van der Waals surface area contributed by atoms with Crippen LogP contribution >= 0.6 is 11.6 Å². The van der Waals surface area contributed by atoms with Gasteiger partial charge in [-0.05, 0) is 98.4 Å². The summed E-state index contributed by atoms with van der Waals surface area (Å²) < 4.78 is 54.6. The van der Waals surface area contributed by atoms with Crippen LogP contribution in [0, 0.1) is 29.4 Å². The predicted molar refractivity (Wildman–Crippen MR) is 129 cm³/mol.